The van der Waals surface area contributed by atoms with Crippen molar-refractivity contribution in [3.8, 4) is 0 Å². The van der Waals surface area contributed by atoms with Crippen molar-refractivity contribution in [3.63, 3.8) is 0 Å². The van der Waals surface area contributed by atoms with Crippen LogP contribution in [0, 0.1) is 6.92 Å². The fourth-order valence-corrected chi connectivity index (χ4v) is 2.04. The Morgan fingerprint density at radius 2 is 2.31 bits per heavy atom. The number of piperidine rings is 1. The lowest BCUT2D eigenvalue weighted by molar-refractivity contribution is 0.0708. The van der Waals surface area contributed by atoms with Gasteiger partial charge in [-0.1, -0.05) is 0 Å². The molecule has 1 aromatic rings. The molecule has 90 valence electrons. The first-order chi connectivity index (χ1) is 7.18. The van der Waals surface area contributed by atoms with Crippen LogP contribution in [0.1, 0.15) is 28.8 Å². The number of nitrogens with two attached hydrogens (primary N) is 1. The van der Waals surface area contributed by atoms with Gasteiger partial charge in [0.1, 0.15) is 0 Å². The fourth-order valence-electron chi connectivity index (χ4n) is 2.04. The summed E-state index contributed by atoms with van der Waals surface area (Å²) in [6.07, 6.45) is 5.64. The third-order valence-electron chi connectivity index (χ3n) is 2.93. The highest BCUT2D eigenvalue weighted by molar-refractivity contribution is 5.95. The van der Waals surface area contributed by atoms with Gasteiger partial charge in [-0.15, -0.1) is 12.4 Å². The van der Waals surface area contributed by atoms with Crippen LogP contribution in [0.2, 0.25) is 0 Å². The van der Waals surface area contributed by atoms with Crippen molar-refractivity contribution in [1.29, 1.82) is 0 Å². The number of aryl methyl sites for hydroxylation is 1. The highest BCUT2D eigenvalue weighted by Gasteiger charge is 2.23. The number of nitrogens with zero attached hydrogens (tertiary/aromatic N) is 1. The summed E-state index contributed by atoms with van der Waals surface area (Å²) < 4.78 is 0. The molecule has 0 aliphatic carbocycles. The molecule has 1 atom stereocenters. The van der Waals surface area contributed by atoms with E-state index >= 15 is 0 Å². The molecule has 1 saturated heterocycles. The SMILES string of the molecule is Cc1c[nH]cc1C(=O)N1CCC[C@@H](N)C1.Cl. The van der Waals surface area contributed by atoms with Crippen LogP contribution in [0.15, 0.2) is 12.4 Å². The zero-order valence-corrected chi connectivity index (χ0v) is 10.2. The lowest BCUT2D eigenvalue weighted by Crippen LogP contribution is -2.45. The minimum absolute atomic E-state index is 0. The minimum atomic E-state index is 0. The Kier molecular flexibility index (Phi) is 4.38. The zero-order valence-electron chi connectivity index (χ0n) is 9.40. The number of H-pyrrole nitrogens is 1. The van der Waals surface area contributed by atoms with Crippen molar-refractivity contribution in [3.05, 3.63) is 23.5 Å². The van der Waals surface area contributed by atoms with Crippen LogP contribution in [0.3, 0.4) is 0 Å². The quantitative estimate of drug-likeness (QED) is 0.781. The summed E-state index contributed by atoms with van der Waals surface area (Å²) in [5.41, 5.74) is 7.62. The van der Waals surface area contributed by atoms with Crippen molar-refractivity contribution in [2.24, 2.45) is 5.73 Å². The molecule has 0 bridgehead atoms. The van der Waals surface area contributed by atoms with E-state index in [1.807, 2.05) is 18.0 Å². The van der Waals surface area contributed by atoms with E-state index in [0.717, 1.165) is 30.5 Å². The highest BCUT2D eigenvalue weighted by Crippen LogP contribution is 2.14. The molecule has 2 rings (SSSR count). The number of likely N-dealkylation sites (tertiary alicyclic amines) is 1. The summed E-state index contributed by atoms with van der Waals surface area (Å²) in [6.45, 7) is 3.45. The maximum absolute atomic E-state index is 12.1. The van der Waals surface area contributed by atoms with Gasteiger partial charge in [-0.2, -0.15) is 0 Å². The van der Waals surface area contributed by atoms with E-state index < -0.39 is 0 Å². The van der Waals surface area contributed by atoms with E-state index in [4.69, 9.17) is 5.73 Å². The van der Waals surface area contributed by atoms with E-state index in [9.17, 15) is 4.79 Å². The van der Waals surface area contributed by atoms with Gasteiger partial charge in [-0.25, -0.2) is 0 Å². The molecule has 1 aliphatic rings. The number of aromatic amines is 1. The summed E-state index contributed by atoms with van der Waals surface area (Å²) in [6, 6.07) is 0.141. The number of rotatable bonds is 1. The summed E-state index contributed by atoms with van der Waals surface area (Å²) >= 11 is 0. The molecule has 0 saturated carbocycles. The van der Waals surface area contributed by atoms with E-state index in [0.29, 0.717) is 6.54 Å². The smallest absolute Gasteiger partial charge is 0.255 e. The average molecular weight is 244 g/mol. The van der Waals surface area contributed by atoms with Gasteiger partial charge >= 0.3 is 0 Å². The summed E-state index contributed by atoms with van der Waals surface area (Å²) in [7, 11) is 0. The monoisotopic (exact) mass is 243 g/mol. The number of aromatic nitrogens is 1. The third kappa shape index (κ3) is 2.57. The molecule has 1 aromatic heterocycles. The topological polar surface area (TPSA) is 62.1 Å². The second-order valence-electron chi connectivity index (χ2n) is 4.21. The van der Waals surface area contributed by atoms with Gasteiger partial charge in [0, 0.05) is 31.5 Å². The molecule has 1 aliphatic heterocycles. The Hall–Kier alpha value is -1.00. The van der Waals surface area contributed by atoms with Gasteiger partial charge in [-0.3, -0.25) is 4.79 Å². The van der Waals surface area contributed by atoms with Gasteiger partial charge in [0.05, 0.1) is 5.56 Å². The number of hydrogen-bond acceptors (Lipinski definition) is 2. The summed E-state index contributed by atoms with van der Waals surface area (Å²) in [5, 5.41) is 0. The van der Waals surface area contributed by atoms with Crippen LogP contribution < -0.4 is 5.73 Å². The Balaban J connectivity index is 0.00000128. The van der Waals surface area contributed by atoms with Crippen molar-refractivity contribution in [2.75, 3.05) is 13.1 Å². The molecule has 1 amide bonds. The fraction of sp³-hybridized carbons (Fsp3) is 0.545. The predicted molar refractivity (Wildman–Crippen MR) is 65.9 cm³/mol. The molecule has 0 unspecified atom stereocenters. The van der Waals surface area contributed by atoms with Crippen molar-refractivity contribution < 1.29 is 4.79 Å². The Labute approximate surface area is 102 Å². The molecule has 1 fully saturated rings. The third-order valence-corrected chi connectivity index (χ3v) is 2.93. The zero-order chi connectivity index (χ0) is 10.8. The van der Waals surface area contributed by atoms with Crippen molar-refractivity contribution >= 4 is 18.3 Å². The molecule has 5 heteroatoms. The van der Waals surface area contributed by atoms with Crippen LogP contribution in [-0.2, 0) is 0 Å². The molecule has 3 N–H and O–H groups in total. The summed E-state index contributed by atoms with van der Waals surface area (Å²) in [4.78, 5) is 16.9. The second kappa shape index (κ2) is 5.37. The van der Waals surface area contributed by atoms with Gasteiger partial charge < -0.3 is 15.6 Å². The van der Waals surface area contributed by atoms with E-state index in [2.05, 4.69) is 4.98 Å². The van der Waals surface area contributed by atoms with Crippen LogP contribution in [0.25, 0.3) is 0 Å². The normalized spacial score (nSPS) is 20.4. The predicted octanol–water partition coefficient (Wildman–Crippen LogP) is 1.31. The Morgan fingerprint density at radius 3 is 2.88 bits per heavy atom. The number of hydrogen-bond donors (Lipinski definition) is 2. The standard InChI is InChI=1S/C11H17N3O.ClH/c1-8-5-13-6-10(8)11(15)14-4-2-3-9(12)7-14;/h5-6,9,13H,2-4,7,12H2,1H3;1H/t9-;/m1./s1. The number of carbonyl (C=O) groups is 1. The van der Waals surface area contributed by atoms with Crippen molar-refractivity contribution in [2.45, 2.75) is 25.8 Å². The number of amides is 1. The first-order valence-electron chi connectivity index (χ1n) is 5.36. The number of nitrogens with one attached hydrogen (secondary N) is 1. The van der Waals surface area contributed by atoms with Crippen LogP contribution in [0.5, 0.6) is 0 Å². The lowest BCUT2D eigenvalue weighted by Gasteiger charge is -2.30. The van der Waals surface area contributed by atoms with E-state index in [-0.39, 0.29) is 24.4 Å². The maximum atomic E-state index is 12.1. The van der Waals surface area contributed by atoms with E-state index in [1.165, 1.54) is 0 Å². The minimum Gasteiger partial charge on any atom is -0.367 e. The molecule has 0 spiro atoms. The summed E-state index contributed by atoms with van der Waals surface area (Å²) in [5.74, 6) is 0.101. The molecule has 2 heterocycles. The number of halogens is 1. The van der Waals surface area contributed by atoms with Gasteiger partial charge in [0.15, 0.2) is 0 Å². The molecule has 0 radical (unpaired) electrons. The maximum Gasteiger partial charge on any atom is 0.255 e. The van der Waals surface area contributed by atoms with E-state index in [1.54, 1.807) is 6.20 Å². The molecular formula is C11H18ClN3O. The van der Waals surface area contributed by atoms with Gasteiger partial charge in [0.2, 0.25) is 0 Å². The van der Waals surface area contributed by atoms with Gasteiger partial charge in [-0.05, 0) is 25.3 Å². The van der Waals surface area contributed by atoms with Gasteiger partial charge in [0.25, 0.3) is 5.91 Å². The van der Waals surface area contributed by atoms with Crippen LogP contribution >= 0.6 is 12.4 Å². The largest absolute Gasteiger partial charge is 0.367 e. The average Bonchev–Trinajstić information content (AvgIpc) is 2.63. The molecule has 4 nitrogen and oxygen atoms in total. The van der Waals surface area contributed by atoms with Crippen LogP contribution in [-0.4, -0.2) is 34.9 Å². The first kappa shape index (κ1) is 13.1. The van der Waals surface area contributed by atoms with Crippen LogP contribution in [0.4, 0.5) is 0 Å². The Morgan fingerprint density at radius 1 is 1.56 bits per heavy atom. The lowest BCUT2D eigenvalue weighted by atomic mass is 10.1. The second-order valence-corrected chi connectivity index (χ2v) is 4.21. The molecular weight excluding hydrogens is 226 g/mol. The van der Waals surface area contributed by atoms with Crippen molar-refractivity contribution in [1.82, 2.24) is 9.88 Å². The first-order valence-corrected chi connectivity index (χ1v) is 5.36. The Bertz CT molecular complexity index is 364. The molecule has 0 aromatic carbocycles. The number of carbonyl (C=O) groups excluding carboxylic acids is 1. The highest BCUT2D eigenvalue weighted by atomic mass is 35.5. The molecule has 16 heavy (non-hydrogen) atoms.